The minimum absolute atomic E-state index is 1.04. The molecule has 0 saturated carbocycles. The Kier molecular flexibility index (Phi) is 3.22. The van der Waals surface area contributed by atoms with Crippen LogP contribution in [-0.2, 0) is 0 Å². The lowest BCUT2D eigenvalue weighted by atomic mass is 10.2. The lowest BCUT2D eigenvalue weighted by molar-refractivity contribution is -0.150. The third kappa shape index (κ3) is 6.03. The van der Waals surface area contributed by atoms with Gasteiger partial charge in [-0.05, 0) is 0 Å². The summed E-state index contributed by atoms with van der Waals surface area (Å²) in [6.45, 7) is -1.04. The zero-order valence-corrected chi connectivity index (χ0v) is 5.59. The van der Waals surface area contributed by atoms with Crippen molar-refractivity contribution in [1.82, 2.24) is 0 Å². The molecular weight excluding hydrogens is 169 g/mol. The van der Waals surface area contributed by atoms with Gasteiger partial charge in [-0.3, -0.25) is 0 Å². The van der Waals surface area contributed by atoms with Crippen LogP contribution in [0.15, 0.2) is 0 Å². The summed E-state index contributed by atoms with van der Waals surface area (Å²) in [5.41, 5.74) is 4.52. The molecule has 0 fully saturated rings. The molecule has 0 saturated heterocycles. The Morgan fingerprint density at radius 2 is 1.36 bits per heavy atom. The zero-order valence-electron chi connectivity index (χ0n) is 5.59. The predicted molar refractivity (Wildman–Crippen MR) is 29.3 cm³/mol. The number of alkyl halides is 5. The first-order chi connectivity index (χ1) is 4.77. The van der Waals surface area contributed by atoms with Gasteiger partial charge in [0.05, 0.1) is 6.54 Å². The minimum atomic E-state index is -4.53. The van der Waals surface area contributed by atoms with Crippen molar-refractivity contribution in [3.63, 3.8) is 0 Å². The molecule has 0 atom stereocenters. The molecule has 68 valence electrons. The molecule has 6 heteroatoms. The van der Waals surface area contributed by atoms with E-state index in [0.29, 0.717) is 0 Å². The highest BCUT2D eigenvalue weighted by Crippen LogP contribution is 2.28. The van der Waals surface area contributed by atoms with Gasteiger partial charge in [-0.2, -0.15) is 13.2 Å². The van der Waals surface area contributed by atoms with Crippen LogP contribution in [0.4, 0.5) is 22.0 Å². The lowest BCUT2D eigenvalue weighted by Gasteiger charge is -2.14. The Labute approximate surface area is 60.4 Å². The van der Waals surface area contributed by atoms with Crippen LogP contribution < -0.4 is 5.73 Å². The van der Waals surface area contributed by atoms with E-state index >= 15 is 0 Å². The van der Waals surface area contributed by atoms with Gasteiger partial charge in [0, 0.05) is 12.8 Å². The molecule has 0 heterocycles. The van der Waals surface area contributed by atoms with E-state index in [1.807, 2.05) is 0 Å². The Morgan fingerprint density at radius 3 is 1.64 bits per heavy atom. The van der Waals surface area contributed by atoms with Crippen LogP contribution in [0.2, 0.25) is 0 Å². The molecule has 0 aliphatic heterocycles. The lowest BCUT2D eigenvalue weighted by Crippen LogP contribution is -2.29. The molecule has 0 radical (unpaired) electrons. The van der Waals surface area contributed by atoms with Crippen molar-refractivity contribution >= 4 is 0 Å². The van der Waals surface area contributed by atoms with Gasteiger partial charge in [0.1, 0.15) is 0 Å². The number of halogens is 5. The smallest absolute Gasteiger partial charge is 0.325 e. The molecule has 0 aliphatic carbocycles. The second-order valence-electron chi connectivity index (χ2n) is 2.18. The maximum absolute atomic E-state index is 12.1. The van der Waals surface area contributed by atoms with Crippen LogP contribution in [0.3, 0.4) is 0 Å². The van der Waals surface area contributed by atoms with E-state index in [2.05, 4.69) is 5.73 Å². The monoisotopic (exact) mass is 177 g/mol. The highest BCUT2D eigenvalue weighted by molar-refractivity contribution is 4.68. The molecule has 0 amide bonds. The van der Waals surface area contributed by atoms with Gasteiger partial charge >= 0.3 is 6.18 Å². The molecule has 0 unspecified atom stereocenters. The molecule has 0 aromatic heterocycles. The normalized spacial score (nSPS) is 13.6. The summed E-state index contributed by atoms with van der Waals surface area (Å²) < 4.78 is 58.2. The van der Waals surface area contributed by atoms with Gasteiger partial charge < -0.3 is 5.73 Å². The fourth-order valence-electron chi connectivity index (χ4n) is 0.427. The van der Waals surface area contributed by atoms with Crippen LogP contribution in [0.25, 0.3) is 0 Å². The Morgan fingerprint density at radius 1 is 0.909 bits per heavy atom. The molecule has 11 heavy (non-hydrogen) atoms. The van der Waals surface area contributed by atoms with Gasteiger partial charge in [-0.25, -0.2) is 8.78 Å². The van der Waals surface area contributed by atoms with Gasteiger partial charge in [0.15, 0.2) is 0 Å². The van der Waals surface area contributed by atoms with E-state index in [0.717, 1.165) is 0 Å². The Hall–Kier alpha value is -0.390. The topological polar surface area (TPSA) is 26.0 Å². The van der Waals surface area contributed by atoms with Crippen molar-refractivity contribution in [1.29, 1.82) is 0 Å². The first-order valence-corrected chi connectivity index (χ1v) is 2.91. The van der Waals surface area contributed by atoms with E-state index < -0.39 is 31.5 Å². The molecule has 0 rings (SSSR count). The fourth-order valence-corrected chi connectivity index (χ4v) is 0.427. The Bertz CT molecular complexity index is 119. The van der Waals surface area contributed by atoms with Gasteiger partial charge in [0.2, 0.25) is 0 Å². The van der Waals surface area contributed by atoms with Crippen LogP contribution in [0.5, 0.6) is 0 Å². The molecule has 1 nitrogen and oxygen atoms in total. The number of rotatable bonds is 3. The summed E-state index contributed by atoms with van der Waals surface area (Å²) in [5.74, 6) is -3.39. The van der Waals surface area contributed by atoms with Crippen molar-refractivity contribution < 1.29 is 22.0 Å². The van der Waals surface area contributed by atoms with Crippen molar-refractivity contribution in [3.05, 3.63) is 0 Å². The average Bonchev–Trinajstić information content (AvgIpc) is 1.83. The largest absolute Gasteiger partial charge is 0.389 e. The van der Waals surface area contributed by atoms with Gasteiger partial charge in [0.25, 0.3) is 5.92 Å². The first-order valence-electron chi connectivity index (χ1n) is 2.91. The van der Waals surface area contributed by atoms with Crippen molar-refractivity contribution in [2.45, 2.75) is 24.9 Å². The van der Waals surface area contributed by atoms with Crippen molar-refractivity contribution in [3.8, 4) is 0 Å². The van der Waals surface area contributed by atoms with Crippen LogP contribution in [0.1, 0.15) is 12.8 Å². The van der Waals surface area contributed by atoms with Gasteiger partial charge in [-0.1, -0.05) is 0 Å². The van der Waals surface area contributed by atoms with Crippen LogP contribution in [0, 0.1) is 0 Å². The highest BCUT2D eigenvalue weighted by atomic mass is 19.4. The summed E-state index contributed by atoms with van der Waals surface area (Å²) >= 11 is 0. The summed E-state index contributed by atoms with van der Waals surface area (Å²) in [5, 5.41) is 0. The van der Waals surface area contributed by atoms with Crippen molar-refractivity contribution in [2.75, 3.05) is 6.54 Å². The SMILES string of the molecule is NCC(F)(F)CCC(F)(F)F. The molecule has 0 spiro atoms. The minimum Gasteiger partial charge on any atom is -0.325 e. The second kappa shape index (κ2) is 3.34. The molecular formula is C5H8F5N. The number of nitrogens with two attached hydrogens (primary N) is 1. The van der Waals surface area contributed by atoms with E-state index in [1.165, 1.54) is 0 Å². The summed E-state index contributed by atoms with van der Waals surface area (Å²) in [4.78, 5) is 0. The molecule has 0 bridgehead atoms. The summed E-state index contributed by atoms with van der Waals surface area (Å²) in [6, 6.07) is 0. The van der Waals surface area contributed by atoms with Crippen LogP contribution >= 0.6 is 0 Å². The average molecular weight is 177 g/mol. The van der Waals surface area contributed by atoms with E-state index in [9.17, 15) is 22.0 Å². The summed E-state index contributed by atoms with van der Waals surface area (Å²) in [7, 11) is 0. The van der Waals surface area contributed by atoms with E-state index in [1.54, 1.807) is 0 Å². The maximum atomic E-state index is 12.1. The third-order valence-corrected chi connectivity index (χ3v) is 1.07. The van der Waals surface area contributed by atoms with Crippen LogP contribution in [-0.4, -0.2) is 18.6 Å². The zero-order chi connectivity index (χ0) is 9.12. The fraction of sp³-hybridized carbons (Fsp3) is 1.00. The molecule has 0 aromatic carbocycles. The maximum Gasteiger partial charge on any atom is 0.389 e. The van der Waals surface area contributed by atoms with Gasteiger partial charge in [-0.15, -0.1) is 0 Å². The van der Waals surface area contributed by atoms with E-state index in [-0.39, 0.29) is 0 Å². The molecule has 0 aromatic rings. The van der Waals surface area contributed by atoms with E-state index in [4.69, 9.17) is 0 Å². The molecule has 0 aliphatic rings. The van der Waals surface area contributed by atoms with Crippen molar-refractivity contribution in [2.24, 2.45) is 5.73 Å². The second-order valence-corrected chi connectivity index (χ2v) is 2.18. The number of hydrogen-bond donors (Lipinski definition) is 1. The predicted octanol–water partition coefficient (Wildman–Crippen LogP) is 1.92. The first kappa shape index (κ1) is 10.6. The third-order valence-electron chi connectivity index (χ3n) is 1.07. The molecule has 2 N–H and O–H groups in total. The number of hydrogen-bond acceptors (Lipinski definition) is 1. The highest BCUT2D eigenvalue weighted by Gasteiger charge is 2.35. The standard InChI is InChI=1S/C5H8F5N/c6-4(7,3-11)1-2-5(8,9)10/h1-3,11H2. The quantitative estimate of drug-likeness (QED) is 0.655. The Balaban J connectivity index is 3.70. The summed E-state index contributed by atoms with van der Waals surface area (Å²) in [6.07, 6.45) is -7.25.